The van der Waals surface area contributed by atoms with Crippen molar-refractivity contribution in [3.05, 3.63) is 43.0 Å². The van der Waals surface area contributed by atoms with Crippen LogP contribution < -0.4 is 9.47 Å². The molecule has 5 heteroatoms. The quantitative estimate of drug-likeness (QED) is 0.775. The summed E-state index contributed by atoms with van der Waals surface area (Å²) in [5.41, 5.74) is 1.30. The molecule has 2 rings (SSSR count). The summed E-state index contributed by atoms with van der Waals surface area (Å²) in [6, 6.07) is 5.41. The van der Waals surface area contributed by atoms with E-state index in [1.54, 1.807) is 25.1 Å². The molecule has 1 amide bonds. The molecule has 0 fully saturated rings. The van der Waals surface area contributed by atoms with E-state index in [1.807, 2.05) is 6.07 Å². The van der Waals surface area contributed by atoms with E-state index >= 15 is 0 Å². The van der Waals surface area contributed by atoms with Gasteiger partial charge in [0.05, 0.1) is 6.61 Å². The number of nitrogens with zero attached hydrogens (tertiary/aromatic N) is 1. The van der Waals surface area contributed by atoms with Crippen LogP contribution in [-0.2, 0) is 4.74 Å². The molecule has 106 valence electrons. The van der Waals surface area contributed by atoms with Crippen molar-refractivity contribution in [1.82, 2.24) is 4.90 Å². The number of hydrogen-bond acceptors (Lipinski definition) is 4. The van der Waals surface area contributed by atoms with Crippen molar-refractivity contribution >= 4 is 11.8 Å². The van der Waals surface area contributed by atoms with Crippen molar-refractivity contribution < 1.29 is 19.0 Å². The lowest BCUT2D eigenvalue weighted by Gasteiger charge is -2.22. The number of benzene rings is 1. The minimum absolute atomic E-state index is 0.208. The van der Waals surface area contributed by atoms with Gasteiger partial charge in [-0.1, -0.05) is 12.7 Å². The van der Waals surface area contributed by atoms with Crippen molar-refractivity contribution in [2.45, 2.75) is 6.92 Å². The Kier molecular flexibility index (Phi) is 4.30. The lowest BCUT2D eigenvalue weighted by molar-refractivity contribution is 0.128. The Hall–Kier alpha value is -2.43. The molecule has 0 unspecified atom stereocenters. The number of ether oxygens (including phenoxy) is 3. The highest BCUT2D eigenvalue weighted by Gasteiger charge is 2.20. The molecule has 0 atom stereocenters. The standard InChI is InChI=1S/C15H17NO4/c1-4-8-16(15(17)18-5-2)11(3)12-6-7-13-14(9-12)20-10-19-13/h4,6-7,9H,1,3,5,8,10H2,2H3. The molecule has 0 aliphatic carbocycles. The van der Waals surface area contributed by atoms with Gasteiger partial charge in [0.2, 0.25) is 6.79 Å². The van der Waals surface area contributed by atoms with Crippen molar-refractivity contribution in [2.24, 2.45) is 0 Å². The van der Waals surface area contributed by atoms with E-state index in [0.717, 1.165) is 5.56 Å². The Labute approximate surface area is 118 Å². The molecule has 0 aromatic heterocycles. The van der Waals surface area contributed by atoms with Crippen LogP contribution in [0.15, 0.2) is 37.4 Å². The molecule has 0 N–H and O–H groups in total. The third kappa shape index (κ3) is 2.77. The summed E-state index contributed by atoms with van der Waals surface area (Å²) in [6.07, 6.45) is 1.17. The summed E-state index contributed by atoms with van der Waals surface area (Å²) >= 11 is 0. The molecule has 1 aromatic rings. The fourth-order valence-corrected chi connectivity index (χ4v) is 1.86. The van der Waals surface area contributed by atoms with Crippen LogP contribution in [0.4, 0.5) is 4.79 Å². The Morgan fingerprint density at radius 1 is 1.45 bits per heavy atom. The van der Waals surface area contributed by atoms with Gasteiger partial charge in [-0.05, 0) is 25.1 Å². The van der Waals surface area contributed by atoms with E-state index < -0.39 is 6.09 Å². The van der Waals surface area contributed by atoms with Gasteiger partial charge < -0.3 is 14.2 Å². The maximum atomic E-state index is 11.9. The van der Waals surface area contributed by atoms with Crippen LogP contribution in [0.3, 0.4) is 0 Å². The minimum atomic E-state index is -0.449. The first-order chi connectivity index (χ1) is 9.67. The summed E-state index contributed by atoms with van der Waals surface area (Å²) < 4.78 is 15.6. The predicted molar refractivity (Wildman–Crippen MR) is 75.5 cm³/mol. The second-order valence-corrected chi connectivity index (χ2v) is 4.11. The highest BCUT2D eigenvalue weighted by Crippen LogP contribution is 2.34. The molecular weight excluding hydrogens is 258 g/mol. The van der Waals surface area contributed by atoms with Gasteiger partial charge >= 0.3 is 6.09 Å². The number of carbonyl (C=O) groups is 1. The Morgan fingerprint density at radius 2 is 2.20 bits per heavy atom. The van der Waals surface area contributed by atoms with E-state index in [4.69, 9.17) is 14.2 Å². The maximum Gasteiger partial charge on any atom is 0.414 e. The number of fused-ring (bicyclic) bond motifs is 1. The zero-order valence-corrected chi connectivity index (χ0v) is 11.4. The topological polar surface area (TPSA) is 48.0 Å². The summed E-state index contributed by atoms with van der Waals surface area (Å²) in [6.45, 7) is 10.2. The molecule has 20 heavy (non-hydrogen) atoms. The highest BCUT2D eigenvalue weighted by molar-refractivity contribution is 5.82. The summed E-state index contributed by atoms with van der Waals surface area (Å²) in [4.78, 5) is 13.3. The Balaban J connectivity index is 2.22. The maximum absolute atomic E-state index is 11.9. The smallest absolute Gasteiger partial charge is 0.414 e. The molecule has 1 aliphatic heterocycles. The second-order valence-electron chi connectivity index (χ2n) is 4.11. The lowest BCUT2D eigenvalue weighted by atomic mass is 10.1. The second kappa shape index (κ2) is 6.14. The number of carbonyl (C=O) groups excluding carboxylic acids is 1. The first kappa shape index (κ1) is 14.0. The first-order valence-corrected chi connectivity index (χ1v) is 6.31. The average Bonchev–Trinajstić information content (AvgIpc) is 2.91. The molecule has 0 saturated heterocycles. The largest absolute Gasteiger partial charge is 0.454 e. The van der Waals surface area contributed by atoms with Gasteiger partial charge in [0.1, 0.15) is 0 Å². The number of rotatable bonds is 5. The normalized spacial score (nSPS) is 11.8. The van der Waals surface area contributed by atoms with Gasteiger partial charge in [0, 0.05) is 17.8 Å². The SMILES string of the molecule is C=CCN(C(=C)c1ccc2c(c1)OCO2)C(=O)OCC. The fourth-order valence-electron chi connectivity index (χ4n) is 1.86. The first-order valence-electron chi connectivity index (χ1n) is 6.31. The molecular formula is C15H17NO4. The third-order valence-electron chi connectivity index (χ3n) is 2.83. The van der Waals surface area contributed by atoms with Crippen LogP contribution in [0.1, 0.15) is 12.5 Å². The van der Waals surface area contributed by atoms with Crippen LogP contribution in [0, 0.1) is 0 Å². The van der Waals surface area contributed by atoms with Crippen LogP contribution >= 0.6 is 0 Å². The molecule has 0 radical (unpaired) electrons. The Bertz CT molecular complexity index is 539. The zero-order valence-electron chi connectivity index (χ0n) is 11.4. The predicted octanol–water partition coefficient (Wildman–Crippen LogP) is 3.03. The minimum Gasteiger partial charge on any atom is -0.454 e. The van der Waals surface area contributed by atoms with Crippen LogP contribution in [-0.4, -0.2) is 30.9 Å². The average molecular weight is 275 g/mol. The van der Waals surface area contributed by atoms with Crippen molar-refractivity contribution in [3.8, 4) is 11.5 Å². The molecule has 1 aliphatic rings. The van der Waals surface area contributed by atoms with E-state index in [0.29, 0.717) is 30.3 Å². The van der Waals surface area contributed by atoms with Crippen LogP contribution in [0.2, 0.25) is 0 Å². The zero-order chi connectivity index (χ0) is 14.5. The molecule has 1 aromatic carbocycles. The van der Waals surface area contributed by atoms with Gasteiger partial charge in [-0.25, -0.2) is 4.79 Å². The Morgan fingerprint density at radius 3 is 2.90 bits per heavy atom. The van der Waals surface area contributed by atoms with Crippen molar-refractivity contribution in [2.75, 3.05) is 19.9 Å². The van der Waals surface area contributed by atoms with Crippen molar-refractivity contribution in [1.29, 1.82) is 0 Å². The van der Waals surface area contributed by atoms with Gasteiger partial charge in [-0.2, -0.15) is 0 Å². The van der Waals surface area contributed by atoms with E-state index in [9.17, 15) is 4.79 Å². The van der Waals surface area contributed by atoms with Gasteiger partial charge in [-0.15, -0.1) is 6.58 Å². The molecule has 0 bridgehead atoms. The van der Waals surface area contributed by atoms with Crippen LogP contribution in [0.25, 0.3) is 5.70 Å². The van der Waals surface area contributed by atoms with E-state index in [-0.39, 0.29) is 6.79 Å². The summed E-state index contributed by atoms with van der Waals surface area (Å²) in [5.74, 6) is 1.33. The van der Waals surface area contributed by atoms with E-state index in [1.165, 1.54) is 4.90 Å². The fraction of sp³-hybridized carbons (Fsp3) is 0.267. The molecule has 0 spiro atoms. The number of hydrogen-bond donors (Lipinski definition) is 0. The van der Waals surface area contributed by atoms with Gasteiger partial charge in [0.15, 0.2) is 11.5 Å². The van der Waals surface area contributed by atoms with Gasteiger partial charge in [-0.3, -0.25) is 4.90 Å². The molecule has 0 saturated carbocycles. The van der Waals surface area contributed by atoms with Gasteiger partial charge in [0.25, 0.3) is 0 Å². The summed E-state index contributed by atoms with van der Waals surface area (Å²) in [5, 5.41) is 0. The summed E-state index contributed by atoms with van der Waals surface area (Å²) in [7, 11) is 0. The molecule has 1 heterocycles. The third-order valence-corrected chi connectivity index (χ3v) is 2.83. The molecule has 5 nitrogen and oxygen atoms in total. The van der Waals surface area contributed by atoms with Crippen molar-refractivity contribution in [3.63, 3.8) is 0 Å². The van der Waals surface area contributed by atoms with Crippen LogP contribution in [0.5, 0.6) is 11.5 Å². The van der Waals surface area contributed by atoms with E-state index in [2.05, 4.69) is 13.2 Å². The lowest BCUT2D eigenvalue weighted by Crippen LogP contribution is -2.30. The monoisotopic (exact) mass is 275 g/mol. The highest BCUT2D eigenvalue weighted by atomic mass is 16.7. The number of amides is 1.